The standard InChI is InChI=1S/C13H20N2O6/c1-7(2)4-10-11(14(18)19)5-9(8(3)13(16)17)6-12(10)15(20)21/h5-8,14-15,18,20H,4H2,1-3H3,(H,16,17). The molecular formula is C13H20N2O6. The summed E-state index contributed by atoms with van der Waals surface area (Å²) in [5.41, 5.74) is 0.106. The van der Waals surface area contributed by atoms with Crippen LogP contribution in [-0.2, 0) is 11.2 Å². The van der Waals surface area contributed by atoms with Crippen molar-refractivity contribution >= 4 is 17.3 Å². The van der Waals surface area contributed by atoms with Gasteiger partial charge in [-0.05, 0) is 24.8 Å². The van der Waals surface area contributed by atoms with Crippen molar-refractivity contribution in [1.29, 1.82) is 0 Å². The van der Waals surface area contributed by atoms with Crippen molar-refractivity contribution in [3.8, 4) is 0 Å². The summed E-state index contributed by atoms with van der Waals surface area (Å²) in [5.74, 6) is -2.04. The van der Waals surface area contributed by atoms with E-state index in [1.165, 1.54) is 19.1 Å². The summed E-state index contributed by atoms with van der Waals surface area (Å²) >= 11 is 0. The first-order valence-electron chi connectivity index (χ1n) is 6.51. The van der Waals surface area contributed by atoms with Crippen LogP contribution in [0.5, 0.6) is 0 Å². The molecule has 8 heteroatoms. The maximum Gasteiger partial charge on any atom is 0.310 e. The third kappa shape index (κ3) is 4.21. The molecule has 0 spiro atoms. The van der Waals surface area contributed by atoms with Crippen LogP contribution in [0.15, 0.2) is 12.1 Å². The van der Waals surface area contributed by atoms with Gasteiger partial charge in [0, 0.05) is 12.1 Å². The zero-order chi connectivity index (χ0) is 16.3. The van der Waals surface area contributed by atoms with Gasteiger partial charge >= 0.3 is 5.97 Å². The zero-order valence-corrected chi connectivity index (χ0v) is 12.1. The average Bonchev–Trinajstić information content (AvgIpc) is 2.36. The number of nitrogens with one attached hydrogen (secondary N) is 2. The second-order valence-corrected chi connectivity index (χ2v) is 5.36. The lowest BCUT2D eigenvalue weighted by molar-refractivity contribution is -0.996. The Morgan fingerprint density at radius 1 is 1.14 bits per heavy atom. The normalized spacial score (nSPS) is 15.8. The molecule has 3 atom stereocenters. The number of carbonyl (C=O) groups is 1. The van der Waals surface area contributed by atoms with E-state index in [1.54, 1.807) is 0 Å². The van der Waals surface area contributed by atoms with Crippen molar-refractivity contribution in [3.63, 3.8) is 0 Å². The number of quaternary nitrogens is 2. The lowest BCUT2D eigenvalue weighted by Gasteiger charge is -2.23. The largest absolute Gasteiger partial charge is 0.595 e. The van der Waals surface area contributed by atoms with Crippen LogP contribution >= 0.6 is 0 Å². The molecule has 0 fully saturated rings. The second kappa shape index (κ2) is 6.94. The number of carboxylic acids is 1. The van der Waals surface area contributed by atoms with Crippen molar-refractivity contribution in [2.45, 2.75) is 33.1 Å². The molecule has 8 nitrogen and oxygen atoms in total. The summed E-state index contributed by atoms with van der Waals surface area (Å²) in [5, 5.41) is 47.8. The Bertz CT molecular complexity index is 486. The molecular weight excluding hydrogens is 280 g/mol. The molecule has 0 aliphatic heterocycles. The molecule has 0 bridgehead atoms. The third-order valence-corrected chi connectivity index (χ3v) is 3.22. The van der Waals surface area contributed by atoms with Crippen molar-refractivity contribution < 1.29 is 30.8 Å². The van der Waals surface area contributed by atoms with E-state index >= 15 is 0 Å². The van der Waals surface area contributed by atoms with E-state index in [1.807, 2.05) is 13.8 Å². The zero-order valence-electron chi connectivity index (χ0n) is 12.1. The molecule has 0 aliphatic rings. The predicted octanol–water partition coefficient (Wildman–Crippen LogP) is -0.120. The molecule has 0 heterocycles. The average molecular weight is 300 g/mol. The summed E-state index contributed by atoms with van der Waals surface area (Å²) in [6, 6.07) is 2.51. The first-order chi connectivity index (χ1) is 9.65. The fourth-order valence-electron chi connectivity index (χ4n) is 2.10. The van der Waals surface area contributed by atoms with E-state index < -0.39 is 22.3 Å². The first kappa shape index (κ1) is 17.5. The van der Waals surface area contributed by atoms with Crippen LogP contribution in [0.4, 0.5) is 11.4 Å². The quantitative estimate of drug-likeness (QED) is 0.465. The van der Waals surface area contributed by atoms with Crippen LogP contribution < -0.4 is 10.5 Å². The molecule has 0 aromatic heterocycles. The predicted molar refractivity (Wildman–Crippen MR) is 72.6 cm³/mol. The van der Waals surface area contributed by atoms with Crippen LogP contribution in [0, 0.1) is 16.3 Å². The summed E-state index contributed by atoms with van der Waals surface area (Å²) < 4.78 is 0. The highest BCUT2D eigenvalue weighted by Gasteiger charge is 2.25. The number of hydrogen-bond donors (Lipinski definition) is 5. The first-order valence-corrected chi connectivity index (χ1v) is 6.51. The molecule has 1 rings (SSSR count). The maximum atomic E-state index is 11.4. The Morgan fingerprint density at radius 2 is 1.57 bits per heavy atom. The smallest absolute Gasteiger partial charge is 0.310 e. The van der Waals surface area contributed by atoms with Gasteiger partial charge in [-0.25, -0.2) is 10.4 Å². The van der Waals surface area contributed by atoms with Crippen LogP contribution in [0.1, 0.15) is 37.8 Å². The van der Waals surface area contributed by atoms with Gasteiger partial charge in [-0.1, -0.05) is 13.8 Å². The molecule has 0 aliphatic carbocycles. The lowest BCUT2D eigenvalue weighted by Crippen LogP contribution is -3.01. The maximum absolute atomic E-state index is 11.4. The minimum atomic E-state index is -1.26. The molecule has 1 aromatic carbocycles. The molecule has 5 N–H and O–H groups in total. The van der Waals surface area contributed by atoms with Gasteiger partial charge in [0.2, 0.25) is 0 Å². The summed E-state index contributed by atoms with van der Waals surface area (Å²) in [7, 11) is 0. The number of carboxylic acid groups (broad SMARTS) is 1. The number of aliphatic carboxylic acids is 1. The van der Waals surface area contributed by atoms with E-state index in [-0.39, 0.29) is 28.4 Å². The number of rotatable bonds is 6. The Kier molecular flexibility index (Phi) is 5.78. The van der Waals surface area contributed by atoms with Crippen molar-refractivity contribution in [2.75, 3.05) is 0 Å². The van der Waals surface area contributed by atoms with Gasteiger partial charge in [-0.2, -0.15) is 10.5 Å². The minimum absolute atomic E-state index is 0.0731. The molecule has 3 unspecified atom stereocenters. The van der Waals surface area contributed by atoms with Crippen molar-refractivity contribution in [3.05, 3.63) is 33.7 Å². The van der Waals surface area contributed by atoms with Crippen molar-refractivity contribution in [1.82, 2.24) is 0 Å². The van der Waals surface area contributed by atoms with Gasteiger partial charge in [0.05, 0.1) is 11.5 Å². The highest BCUT2D eigenvalue weighted by atomic mass is 16.8. The number of hydrogen-bond acceptors (Lipinski definition) is 5. The van der Waals surface area contributed by atoms with Crippen LogP contribution in [-0.4, -0.2) is 21.5 Å². The van der Waals surface area contributed by atoms with Gasteiger partial charge in [0.1, 0.15) is 0 Å². The van der Waals surface area contributed by atoms with Gasteiger partial charge in [0.25, 0.3) is 0 Å². The van der Waals surface area contributed by atoms with E-state index in [0.29, 0.717) is 6.42 Å². The van der Waals surface area contributed by atoms with Gasteiger partial charge in [-0.3, -0.25) is 4.79 Å². The molecule has 118 valence electrons. The van der Waals surface area contributed by atoms with Gasteiger partial charge < -0.3 is 15.5 Å². The second-order valence-electron chi connectivity index (χ2n) is 5.36. The topological polar surface area (TPSA) is 133 Å². The van der Waals surface area contributed by atoms with Crippen LogP contribution in [0.3, 0.4) is 0 Å². The molecule has 0 radical (unpaired) electrons. The van der Waals surface area contributed by atoms with Crippen LogP contribution in [0.2, 0.25) is 0 Å². The summed E-state index contributed by atoms with van der Waals surface area (Å²) in [6.45, 7) is 5.09. The Morgan fingerprint density at radius 3 is 1.86 bits per heavy atom. The highest BCUT2D eigenvalue weighted by Crippen LogP contribution is 2.28. The van der Waals surface area contributed by atoms with Gasteiger partial charge in [-0.15, -0.1) is 0 Å². The van der Waals surface area contributed by atoms with E-state index in [4.69, 9.17) is 5.11 Å². The van der Waals surface area contributed by atoms with Gasteiger partial charge in [0.15, 0.2) is 11.4 Å². The SMILES string of the molecule is CC(C)Cc1c([NH+]([O-])O)cc(C(C)C(=O)O)cc1[NH+]([O-])O. The molecule has 0 saturated carbocycles. The molecule has 0 amide bonds. The summed E-state index contributed by atoms with van der Waals surface area (Å²) in [4.78, 5) is 11.0. The minimum Gasteiger partial charge on any atom is -0.595 e. The molecule has 21 heavy (non-hydrogen) atoms. The monoisotopic (exact) mass is 300 g/mol. The Hall–Kier alpha value is -1.55. The molecule has 1 aromatic rings. The Labute approximate surface area is 121 Å². The third-order valence-electron chi connectivity index (χ3n) is 3.22. The fourth-order valence-corrected chi connectivity index (χ4v) is 2.10. The van der Waals surface area contributed by atoms with E-state index in [0.717, 1.165) is 0 Å². The Balaban J connectivity index is 3.52. The number of benzene rings is 1. The lowest BCUT2D eigenvalue weighted by atomic mass is 9.93. The van der Waals surface area contributed by atoms with Crippen molar-refractivity contribution in [2.24, 2.45) is 5.92 Å². The van der Waals surface area contributed by atoms with E-state index in [9.17, 15) is 25.6 Å². The fraction of sp³-hybridized carbons (Fsp3) is 0.462. The summed E-state index contributed by atoms with van der Waals surface area (Å²) in [6.07, 6.45) is 0.297. The van der Waals surface area contributed by atoms with E-state index in [2.05, 4.69) is 0 Å². The molecule has 0 saturated heterocycles. The van der Waals surface area contributed by atoms with Crippen LogP contribution in [0.25, 0.3) is 0 Å². The highest BCUT2D eigenvalue weighted by molar-refractivity contribution is 5.76.